The first-order valence-corrected chi connectivity index (χ1v) is 9.84. The molecule has 7 heteroatoms. The van der Waals surface area contributed by atoms with Crippen LogP contribution in [0.15, 0.2) is 53.5 Å². The molecule has 1 atom stereocenters. The molecule has 0 bridgehead atoms. The van der Waals surface area contributed by atoms with Crippen LogP contribution in [-0.4, -0.2) is 22.2 Å². The molecule has 2 aromatic carbocycles. The maximum atomic E-state index is 13.0. The maximum Gasteiger partial charge on any atom is 0.247 e. The summed E-state index contributed by atoms with van der Waals surface area (Å²) in [6.07, 6.45) is 2.64. The number of nitrogens with one attached hydrogen (secondary N) is 1. The molecule has 0 saturated carbocycles. The van der Waals surface area contributed by atoms with Gasteiger partial charge in [-0.3, -0.25) is 14.9 Å². The van der Waals surface area contributed by atoms with Crippen molar-refractivity contribution in [3.63, 3.8) is 0 Å². The van der Waals surface area contributed by atoms with Gasteiger partial charge in [0.05, 0.1) is 11.4 Å². The van der Waals surface area contributed by atoms with Gasteiger partial charge in [0, 0.05) is 6.42 Å². The first-order chi connectivity index (χ1) is 13.5. The summed E-state index contributed by atoms with van der Waals surface area (Å²) in [5.41, 5.74) is 3.19. The monoisotopic (exact) mass is 392 g/mol. The van der Waals surface area contributed by atoms with Crippen LogP contribution in [0.4, 0.5) is 11.4 Å². The van der Waals surface area contributed by atoms with Gasteiger partial charge in [0.15, 0.2) is 11.4 Å². The fourth-order valence-electron chi connectivity index (χ4n) is 3.14. The molecule has 0 radical (unpaired) electrons. The van der Waals surface area contributed by atoms with Gasteiger partial charge in [-0.15, -0.1) is 0 Å². The number of thioether (sulfide) groups is 1. The van der Waals surface area contributed by atoms with Crippen molar-refractivity contribution in [3.8, 4) is 6.19 Å². The first kappa shape index (κ1) is 19.6. The Kier molecular flexibility index (Phi) is 6.12. The molecule has 6 nitrogen and oxygen atoms in total. The molecular formula is C21H20N4O2S. The van der Waals surface area contributed by atoms with Crippen LogP contribution in [0.5, 0.6) is 0 Å². The predicted molar refractivity (Wildman–Crippen MR) is 111 cm³/mol. The van der Waals surface area contributed by atoms with Crippen molar-refractivity contribution in [1.82, 2.24) is 5.32 Å². The van der Waals surface area contributed by atoms with Crippen molar-refractivity contribution in [2.24, 2.45) is 4.99 Å². The molecule has 0 spiro atoms. The van der Waals surface area contributed by atoms with E-state index in [0.717, 1.165) is 29.3 Å². The van der Waals surface area contributed by atoms with Crippen LogP contribution in [0.3, 0.4) is 0 Å². The highest BCUT2D eigenvalue weighted by Gasteiger charge is 2.42. The van der Waals surface area contributed by atoms with E-state index in [4.69, 9.17) is 5.26 Å². The molecule has 3 rings (SSSR count). The number of hydrogen-bond donors (Lipinski definition) is 1. The lowest BCUT2D eigenvalue weighted by Crippen LogP contribution is -2.33. The minimum atomic E-state index is -0.625. The summed E-state index contributed by atoms with van der Waals surface area (Å²) in [5, 5.41) is 11.2. The second-order valence-electron chi connectivity index (χ2n) is 6.30. The number of nitrogens with zero attached hydrogens (tertiary/aromatic N) is 3. The van der Waals surface area contributed by atoms with Crippen LogP contribution < -0.4 is 10.2 Å². The topological polar surface area (TPSA) is 85.6 Å². The van der Waals surface area contributed by atoms with Crippen molar-refractivity contribution < 1.29 is 9.59 Å². The summed E-state index contributed by atoms with van der Waals surface area (Å²) in [7, 11) is 0. The van der Waals surface area contributed by atoms with Crippen molar-refractivity contribution >= 4 is 40.1 Å². The molecule has 1 heterocycles. The molecule has 2 amide bonds. The first-order valence-electron chi connectivity index (χ1n) is 8.96. The van der Waals surface area contributed by atoms with Crippen LogP contribution in [0, 0.1) is 18.4 Å². The summed E-state index contributed by atoms with van der Waals surface area (Å²) in [5.74, 6) is -0.512. The number of benzene rings is 2. The summed E-state index contributed by atoms with van der Waals surface area (Å²) < 4.78 is 0. The lowest BCUT2D eigenvalue weighted by molar-refractivity contribution is -0.121. The fraction of sp³-hybridized carbons (Fsp3) is 0.238. The van der Waals surface area contributed by atoms with E-state index in [0.29, 0.717) is 16.5 Å². The summed E-state index contributed by atoms with van der Waals surface area (Å²) in [6.45, 7) is 3.89. The highest BCUT2D eigenvalue weighted by molar-refractivity contribution is 8.15. The van der Waals surface area contributed by atoms with Crippen LogP contribution >= 0.6 is 11.8 Å². The highest BCUT2D eigenvalue weighted by atomic mass is 32.2. The maximum absolute atomic E-state index is 13.0. The molecule has 142 valence electrons. The molecular weight excluding hydrogens is 372 g/mol. The van der Waals surface area contributed by atoms with Gasteiger partial charge < -0.3 is 0 Å². The summed E-state index contributed by atoms with van der Waals surface area (Å²) >= 11 is 1.11. The number of para-hydroxylation sites is 2. The summed E-state index contributed by atoms with van der Waals surface area (Å²) in [4.78, 5) is 31.4. The number of amides is 2. The van der Waals surface area contributed by atoms with Crippen molar-refractivity contribution in [1.29, 1.82) is 5.26 Å². The van der Waals surface area contributed by atoms with Gasteiger partial charge in [0.2, 0.25) is 11.8 Å². The lowest BCUT2D eigenvalue weighted by Gasteiger charge is -2.20. The third-order valence-electron chi connectivity index (χ3n) is 4.43. The molecule has 28 heavy (non-hydrogen) atoms. The smallest absolute Gasteiger partial charge is 0.247 e. The van der Waals surface area contributed by atoms with Crippen LogP contribution in [0.1, 0.15) is 24.5 Å². The normalized spacial score (nSPS) is 17.0. The van der Waals surface area contributed by atoms with E-state index >= 15 is 0 Å². The highest BCUT2D eigenvalue weighted by Crippen LogP contribution is 2.34. The number of aliphatic imine (C=N–C) groups is 1. The van der Waals surface area contributed by atoms with Crippen LogP contribution in [0.2, 0.25) is 0 Å². The van der Waals surface area contributed by atoms with Gasteiger partial charge in [0.25, 0.3) is 0 Å². The number of anilines is 1. The Balaban J connectivity index is 1.87. The minimum absolute atomic E-state index is 0.0713. The third kappa shape index (κ3) is 4.07. The van der Waals surface area contributed by atoms with E-state index in [-0.39, 0.29) is 18.2 Å². The number of rotatable bonds is 4. The molecule has 0 aliphatic carbocycles. The SMILES string of the molecule is CCc1cccc(C)c1N1C(=O)C[C@H](SC(=Nc2ccccc2)NC#N)C1=O. The molecule has 0 unspecified atom stereocenters. The average Bonchev–Trinajstić information content (AvgIpc) is 2.96. The number of amidine groups is 1. The van der Waals surface area contributed by atoms with E-state index in [1.54, 1.807) is 12.1 Å². The van der Waals surface area contributed by atoms with Crippen molar-refractivity contribution in [3.05, 3.63) is 59.7 Å². The van der Waals surface area contributed by atoms with Crippen molar-refractivity contribution in [2.75, 3.05) is 4.90 Å². The lowest BCUT2D eigenvalue weighted by atomic mass is 10.0. The summed E-state index contributed by atoms with van der Waals surface area (Å²) in [6, 6.07) is 14.9. The average molecular weight is 392 g/mol. The van der Waals surface area contributed by atoms with Gasteiger partial charge in [-0.05, 0) is 36.6 Å². The quantitative estimate of drug-likeness (QED) is 0.282. The minimum Gasteiger partial charge on any atom is -0.274 e. The fourth-order valence-corrected chi connectivity index (χ4v) is 4.11. The van der Waals surface area contributed by atoms with Gasteiger partial charge in [-0.1, -0.05) is 55.1 Å². The zero-order valence-corrected chi connectivity index (χ0v) is 16.5. The second-order valence-corrected chi connectivity index (χ2v) is 7.49. The number of hydrogen-bond acceptors (Lipinski definition) is 5. The largest absolute Gasteiger partial charge is 0.274 e. The molecule has 1 aliphatic heterocycles. The van der Waals surface area contributed by atoms with E-state index in [1.165, 1.54) is 4.90 Å². The van der Waals surface area contributed by atoms with Gasteiger partial charge in [-0.25, -0.2) is 9.89 Å². The van der Waals surface area contributed by atoms with E-state index < -0.39 is 5.25 Å². The molecule has 0 aromatic heterocycles. The predicted octanol–water partition coefficient (Wildman–Crippen LogP) is 3.68. The molecule has 1 fully saturated rings. The second kappa shape index (κ2) is 8.72. The Morgan fingerprint density at radius 2 is 2.00 bits per heavy atom. The van der Waals surface area contributed by atoms with Gasteiger partial charge in [0.1, 0.15) is 5.25 Å². The third-order valence-corrected chi connectivity index (χ3v) is 5.50. The molecule has 1 N–H and O–H groups in total. The van der Waals surface area contributed by atoms with Crippen LogP contribution in [0.25, 0.3) is 0 Å². The number of carbonyl (C=O) groups excluding carboxylic acids is 2. The van der Waals surface area contributed by atoms with E-state index in [9.17, 15) is 9.59 Å². The number of aryl methyl sites for hydroxylation is 2. The zero-order chi connectivity index (χ0) is 20.1. The molecule has 1 aliphatic rings. The van der Waals surface area contributed by atoms with Gasteiger partial charge in [-0.2, -0.15) is 5.26 Å². The number of carbonyl (C=O) groups is 2. The Labute approximate surface area is 168 Å². The number of nitriles is 1. The van der Waals surface area contributed by atoms with E-state index in [1.807, 2.05) is 56.4 Å². The number of imide groups is 1. The van der Waals surface area contributed by atoms with Crippen molar-refractivity contribution in [2.45, 2.75) is 31.9 Å². The zero-order valence-electron chi connectivity index (χ0n) is 15.7. The molecule has 2 aromatic rings. The van der Waals surface area contributed by atoms with Crippen LogP contribution in [-0.2, 0) is 16.0 Å². The Bertz CT molecular complexity index is 966. The molecule has 1 saturated heterocycles. The Morgan fingerprint density at radius 3 is 2.68 bits per heavy atom. The standard InChI is InChI=1S/C21H20N4O2S/c1-3-15-9-7-8-14(2)19(15)25-18(26)12-17(20(25)27)28-21(23-13-22)24-16-10-5-4-6-11-16/h4-11,17H,3,12H2,1-2H3,(H,23,24)/t17-/m0/s1. The van der Waals surface area contributed by atoms with Gasteiger partial charge >= 0.3 is 0 Å². The Hall–Kier alpha value is -3.11. The van der Waals surface area contributed by atoms with E-state index in [2.05, 4.69) is 10.3 Å². The Morgan fingerprint density at radius 1 is 1.25 bits per heavy atom.